The van der Waals surface area contributed by atoms with Crippen molar-refractivity contribution in [2.75, 3.05) is 6.54 Å². The van der Waals surface area contributed by atoms with Gasteiger partial charge in [0.2, 0.25) is 0 Å². The summed E-state index contributed by atoms with van der Waals surface area (Å²) < 4.78 is 0.194. The molecule has 1 unspecified atom stereocenters. The molecule has 1 aromatic carbocycles. The van der Waals surface area contributed by atoms with Crippen LogP contribution in [0.25, 0.3) is 5.70 Å². The molecule has 5 nitrogen and oxygen atoms in total. The number of hydrogen-bond donors (Lipinski definition) is 4. The molecule has 0 spiro atoms. The number of nitriles is 1. The van der Waals surface area contributed by atoms with Gasteiger partial charge in [0.05, 0.1) is 17.1 Å². The first-order valence-corrected chi connectivity index (χ1v) is 8.02. The molecular formula is C18H25ClN4OS. The summed E-state index contributed by atoms with van der Waals surface area (Å²) in [5.41, 5.74) is 12.5. The fraction of sp³-hybridized carbons (Fsp3) is 0.333. The Morgan fingerprint density at radius 3 is 2.40 bits per heavy atom. The van der Waals surface area contributed by atoms with Crippen molar-refractivity contribution in [1.82, 2.24) is 0 Å². The van der Waals surface area contributed by atoms with Crippen LogP contribution < -0.4 is 11.5 Å². The van der Waals surface area contributed by atoms with Crippen LogP contribution in [0, 0.1) is 24.2 Å². The maximum Gasteiger partial charge on any atom is 0.122 e. The topological polar surface area (TPSA) is 108 Å². The van der Waals surface area contributed by atoms with E-state index in [1.807, 2.05) is 6.07 Å². The van der Waals surface area contributed by atoms with Crippen LogP contribution in [0.3, 0.4) is 0 Å². The summed E-state index contributed by atoms with van der Waals surface area (Å²) in [5, 5.41) is 17.9. The summed E-state index contributed by atoms with van der Waals surface area (Å²) in [5.74, 6) is 0. The molecule has 0 saturated carbocycles. The summed E-state index contributed by atoms with van der Waals surface area (Å²) in [6.45, 7) is 6.26. The highest BCUT2D eigenvalue weighted by Crippen LogP contribution is 2.19. The summed E-state index contributed by atoms with van der Waals surface area (Å²) in [7, 11) is 0. The van der Waals surface area contributed by atoms with Crippen molar-refractivity contribution >= 4 is 36.1 Å². The number of terminal acetylenes is 1. The highest BCUT2D eigenvalue weighted by atomic mass is 35.5. The van der Waals surface area contributed by atoms with Crippen LogP contribution in [0.2, 0.25) is 5.02 Å². The average Bonchev–Trinajstić information content (AvgIpc) is 2.51. The maximum atomic E-state index is 8.79. The summed E-state index contributed by atoms with van der Waals surface area (Å²) in [4.78, 5) is 3.85. The number of aliphatic hydroxyl groups is 1. The number of thiol groups is 1. The Morgan fingerprint density at radius 2 is 2.00 bits per heavy atom. The van der Waals surface area contributed by atoms with Gasteiger partial charge in [0, 0.05) is 16.7 Å². The molecule has 25 heavy (non-hydrogen) atoms. The molecule has 0 aliphatic rings. The molecule has 0 saturated heterocycles. The zero-order valence-corrected chi connectivity index (χ0v) is 16.3. The number of benzene rings is 1. The van der Waals surface area contributed by atoms with Crippen LogP contribution >= 0.6 is 24.2 Å². The largest absolute Gasteiger partial charge is 0.398 e. The smallest absolute Gasteiger partial charge is 0.122 e. The second kappa shape index (κ2) is 13.3. The van der Waals surface area contributed by atoms with Crippen molar-refractivity contribution in [2.24, 2.45) is 16.5 Å². The van der Waals surface area contributed by atoms with Crippen LogP contribution in [0.5, 0.6) is 0 Å². The van der Waals surface area contributed by atoms with Crippen LogP contribution in [0.4, 0.5) is 0 Å². The maximum absolute atomic E-state index is 8.79. The molecule has 1 rings (SSSR count). The molecule has 0 aliphatic heterocycles. The summed E-state index contributed by atoms with van der Waals surface area (Å²) in [6, 6.07) is 6.87. The van der Waals surface area contributed by atoms with Gasteiger partial charge in [0.25, 0.3) is 0 Å². The van der Waals surface area contributed by atoms with Gasteiger partial charge in [-0.1, -0.05) is 38.4 Å². The third-order valence-electron chi connectivity index (χ3n) is 2.07. The van der Waals surface area contributed by atoms with E-state index in [4.69, 9.17) is 33.4 Å². The molecule has 0 aliphatic carbocycles. The van der Waals surface area contributed by atoms with Crippen molar-refractivity contribution in [3.8, 4) is 18.9 Å². The van der Waals surface area contributed by atoms with E-state index in [-0.39, 0.29) is 11.3 Å². The second-order valence-electron chi connectivity index (χ2n) is 5.68. The Labute approximate surface area is 160 Å². The number of rotatable bonds is 4. The minimum Gasteiger partial charge on any atom is -0.398 e. The van der Waals surface area contributed by atoms with Crippen molar-refractivity contribution in [2.45, 2.75) is 31.7 Å². The molecule has 0 aromatic heterocycles. The van der Waals surface area contributed by atoms with Crippen molar-refractivity contribution in [1.29, 1.82) is 5.26 Å². The molecule has 136 valence electrons. The van der Waals surface area contributed by atoms with E-state index in [0.717, 1.165) is 0 Å². The summed E-state index contributed by atoms with van der Waals surface area (Å²) >= 11 is 10.0. The Balaban J connectivity index is 0. The molecule has 0 radical (unpaired) electrons. The van der Waals surface area contributed by atoms with Crippen molar-refractivity contribution in [3.05, 3.63) is 40.4 Å². The standard InChI is InChI=1S/C12H13ClN4O.C4H10S.C2H2/c13-10-5-8(1-2-9(10)6-14)11(15)3-4-17-7-12(16)18;1-4(2,3)5;1-2/h1-5,12,18H,7,15-16H2;5H,1-3H3;1-2H/b11-3-,17-4?;;. The first-order valence-electron chi connectivity index (χ1n) is 7.19. The van der Waals surface area contributed by atoms with Gasteiger partial charge in [-0.25, -0.2) is 0 Å². The molecular weight excluding hydrogens is 356 g/mol. The normalized spacial score (nSPS) is 12.2. The number of allylic oxidation sites excluding steroid dienone is 1. The van der Waals surface area contributed by atoms with Crippen LogP contribution in [-0.4, -0.2) is 28.8 Å². The van der Waals surface area contributed by atoms with E-state index in [0.29, 0.717) is 21.8 Å². The molecule has 0 fully saturated rings. The Hall–Kier alpha value is -1.96. The van der Waals surface area contributed by atoms with Gasteiger partial charge in [-0.3, -0.25) is 4.99 Å². The van der Waals surface area contributed by atoms with Gasteiger partial charge in [-0.15, -0.1) is 12.8 Å². The van der Waals surface area contributed by atoms with Gasteiger partial charge in [0.1, 0.15) is 12.3 Å². The molecule has 7 heteroatoms. The molecule has 5 N–H and O–H groups in total. The first kappa shape index (κ1) is 25.3. The van der Waals surface area contributed by atoms with Crippen molar-refractivity contribution < 1.29 is 5.11 Å². The lowest BCUT2D eigenvalue weighted by atomic mass is 10.1. The highest BCUT2D eigenvalue weighted by Gasteiger charge is 2.02. The van der Waals surface area contributed by atoms with E-state index in [2.05, 4.69) is 51.2 Å². The van der Waals surface area contributed by atoms with Gasteiger partial charge >= 0.3 is 0 Å². The quantitative estimate of drug-likeness (QED) is 0.278. The third kappa shape index (κ3) is 15.3. The summed E-state index contributed by atoms with van der Waals surface area (Å²) in [6.07, 6.45) is 10.1. The minimum absolute atomic E-state index is 0.109. The number of aliphatic hydroxyl groups excluding tert-OH is 1. The Morgan fingerprint density at radius 1 is 1.48 bits per heavy atom. The van der Waals surface area contributed by atoms with E-state index in [1.165, 1.54) is 6.21 Å². The van der Waals surface area contributed by atoms with Crippen LogP contribution in [0.15, 0.2) is 29.3 Å². The molecule has 1 aromatic rings. The SMILES string of the molecule is C#C.CC(C)(C)S.N#Cc1ccc(/C(N)=C/C=NCC(N)O)cc1Cl. The fourth-order valence-electron chi connectivity index (χ4n) is 1.18. The van der Waals surface area contributed by atoms with E-state index < -0.39 is 6.23 Å². The number of nitrogens with zero attached hydrogens (tertiary/aromatic N) is 2. The Kier molecular flexibility index (Phi) is 13.5. The van der Waals surface area contributed by atoms with Gasteiger partial charge in [-0.2, -0.15) is 17.9 Å². The second-order valence-corrected chi connectivity index (χ2v) is 7.43. The minimum atomic E-state index is -0.972. The predicted molar refractivity (Wildman–Crippen MR) is 111 cm³/mol. The number of halogens is 1. The third-order valence-corrected chi connectivity index (χ3v) is 2.39. The zero-order valence-electron chi connectivity index (χ0n) is 14.6. The van der Waals surface area contributed by atoms with Crippen molar-refractivity contribution in [3.63, 3.8) is 0 Å². The lowest BCUT2D eigenvalue weighted by Crippen LogP contribution is -2.21. The van der Waals surface area contributed by atoms with Gasteiger partial charge < -0.3 is 16.6 Å². The monoisotopic (exact) mass is 380 g/mol. The first-order chi connectivity index (χ1) is 11.5. The van der Waals surface area contributed by atoms with Crippen LogP contribution in [0.1, 0.15) is 31.9 Å². The van der Waals surface area contributed by atoms with E-state index in [1.54, 1.807) is 24.3 Å². The lowest BCUT2D eigenvalue weighted by Gasteiger charge is -2.04. The van der Waals surface area contributed by atoms with Gasteiger partial charge in [-0.05, 0) is 23.8 Å². The van der Waals surface area contributed by atoms with Gasteiger partial charge in [0.15, 0.2) is 0 Å². The number of nitrogens with two attached hydrogens (primary N) is 2. The highest BCUT2D eigenvalue weighted by molar-refractivity contribution is 7.81. The lowest BCUT2D eigenvalue weighted by molar-refractivity contribution is 0.191. The molecule has 0 amide bonds. The number of hydrogen-bond acceptors (Lipinski definition) is 6. The predicted octanol–water partition coefficient (Wildman–Crippen LogP) is 2.82. The van der Waals surface area contributed by atoms with E-state index >= 15 is 0 Å². The number of aliphatic imine (C=N–C) groups is 1. The average molecular weight is 381 g/mol. The Bertz CT molecular complexity index is 635. The van der Waals surface area contributed by atoms with E-state index in [9.17, 15) is 0 Å². The molecule has 1 atom stereocenters. The fourth-order valence-corrected chi connectivity index (χ4v) is 1.41. The molecule has 0 bridgehead atoms. The zero-order chi connectivity index (χ0) is 20.0. The van der Waals surface area contributed by atoms with Crippen LogP contribution in [-0.2, 0) is 0 Å². The molecule has 0 heterocycles.